The lowest BCUT2D eigenvalue weighted by Crippen LogP contribution is -2.38. The summed E-state index contributed by atoms with van der Waals surface area (Å²) < 4.78 is 11.1. The molecule has 0 heterocycles. The summed E-state index contributed by atoms with van der Waals surface area (Å²) >= 11 is 0. The molecule has 4 heteroatoms. The molecule has 0 N–H and O–H groups in total. The highest BCUT2D eigenvalue weighted by Gasteiger charge is 2.21. The largest absolute Gasteiger partial charge is 0.494 e. The van der Waals surface area contributed by atoms with Crippen LogP contribution >= 0.6 is 0 Å². The Morgan fingerprint density at radius 2 is 1.94 bits per heavy atom. The van der Waals surface area contributed by atoms with Gasteiger partial charge in [-0.25, -0.2) is 0 Å². The van der Waals surface area contributed by atoms with Gasteiger partial charge in [-0.15, -0.1) is 0 Å². The molecule has 0 aliphatic heterocycles. The third kappa shape index (κ3) is 3.79. The highest BCUT2D eigenvalue weighted by atomic mass is 16.6. The van der Waals surface area contributed by atoms with Crippen LogP contribution in [0.4, 0.5) is 0 Å². The minimum atomic E-state index is -0.356. The van der Waals surface area contributed by atoms with Crippen LogP contribution in [0.3, 0.4) is 0 Å². The first-order valence-electron chi connectivity index (χ1n) is 5.49. The molecular formula is C12H17BO3. The molecule has 0 fully saturated rings. The zero-order chi connectivity index (χ0) is 12.0. The number of aldehydes is 1. The number of hydrogen-bond donors (Lipinski definition) is 0. The fraction of sp³-hybridized carbons (Fsp3) is 0.417. The Bertz CT molecular complexity index is 322. The van der Waals surface area contributed by atoms with E-state index in [9.17, 15) is 4.79 Å². The van der Waals surface area contributed by atoms with Crippen molar-refractivity contribution in [3.8, 4) is 0 Å². The first-order chi connectivity index (χ1) is 7.67. The van der Waals surface area contributed by atoms with Gasteiger partial charge in [0.25, 0.3) is 0 Å². The fourth-order valence-corrected chi connectivity index (χ4v) is 1.34. The molecule has 0 atom stereocenters. The number of rotatable bonds is 6. The van der Waals surface area contributed by atoms with Crippen molar-refractivity contribution in [3.63, 3.8) is 0 Å². The van der Waals surface area contributed by atoms with Crippen LogP contribution in [-0.2, 0) is 9.31 Å². The molecule has 0 spiro atoms. The van der Waals surface area contributed by atoms with E-state index in [-0.39, 0.29) is 13.2 Å². The average Bonchev–Trinajstić information content (AvgIpc) is 2.28. The van der Waals surface area contributed by atoms with Crippen molar-refractivity contribution in [2.45, 2.75) is 26.9 Å². The summed E-state index contributed by atoms with van der Waals surface area (Å²) in [5, 5.41) is 0. The topological polar surface area (TPSA) is 35.5 Å². The van der Waals surface area contributed by atoms with Gasteiger partial charge in [0.15, 0.2) is 0 Å². The van der Waals surface area contributed by atoms with Crippen LogP contribution in [0.2, 0.25) is 0 Å². The van der Waals surface area contributed by atoms with Gasteiger partial charge in [0.05, 0.1) is 0 Å². The molecule has 1 aromatic carbocycles. The quantitative estimate of drug-likeness (QED) is 0.540. The molecule has 1 aromatic rings. The smallest absolute Gasteiger partial charge is 0.408 e. The summed E-state index contributed by atoms with van der Waals surface area (Å²) in [7, 11) is -0.356. The summed E-state index contributed by atoms with van der Waals surface area (Å²) in [5.41, 5.74) is 1.59. The molecule has 1 rings (SSSR count). The molecule has 0 aromatic heterocycles. The fourth-order valence-electron chi connectivity index (χ4n) is 1.34. The second-order valence-electron chi connectivity index (χ2n) is 3.76. The van der Waals surface area contributed by atoms with Gasteiger partial charge in [0.2, 0.25) is 0 Å². The third-order valence-corrected chi connectivity index (χ3v) is 2.06. The summed E-state index contributed by atoms with van der Waals surface area (Å²) in [4.78, 5) is 10.5. The first-order valence-corrected chi connectivity index (χ1v) is 5.49. The van der Waals surface area contributed by atoms with Crippen LogP contribution in [0.1, 0.15) is 31.1 Å². The molecule has 0 aliphatic carbocycles. The van der Waals surface area contributed by atoms with Crippen LogP contribution in [0.15, 0.2) is 24.3 Å². The lowest BCUT2D eigenvalue weighted by molar-refractivity contribution is 0.112. The number of benzene rings is 1. The van der Waals surface area contributed by atoms with Crippen molar-refractivity contribution in [2.75, 3.05) is 6.61 Å². The predicted molar refractivity (Wildman–Crippen MR) is 65.1 cm³/mol. The zero-order valence-corrected chi connectivity index (χ0v) is 9.97. The van der Waals surface area contributed by atoms with E-state index in [1.807, 2.05) is 32.9 Å². The van der Waals surface area contributed by atoms with Crippen molar-refractivity contribution in [3.05, 3.63) is 29.8 Å². The van der Waals surface area contributed by atoms with Gasteiger partial charge in [0, 0.05) is 18.3 Å². The summed E-state index contributed by atoms with van der Waals surface area (Å²) in [6, 6.07) is 7.23. The molecule has 0 bridgehead atoms. The average molecular weight is 220 g/mol. The van der Waals surface area contributed by atoms with Crippen molar-refractivity contribution >= 4 is 18.9 Å². The molecule has 0 amide bonds. The van der Waals surface area contributed by atoms with Gasteiger partial charge in [0.1, 0.15) is 6.29 Å². The highest BCUT2D eigenvalue weighted by Crippen LogP contribution is 2.00. The van der Waals surface area contributed by atoms with E-state index in [2.05, 4.69) is 0 Å². The van der Waals surface area contributed by atoms with Gasteiger partial charge >= 0.3 is 7.12 Å². The SMILES string of the molecule is CCOB(OC(C)C)c1ccc(C=O)cc1. The lowest BCUT2D eigenvalue weighted by Gasteiger charge is -2.16. The molecule has 86 valence electrons. The number of carbonyl (C=O) groups is 1. The molecule has 3 nitrogen and oxygen atoms in total. The summed E-state index contributed by atoms with van der Waals surface area (Å²) in [6.45, 7) is 6.45. The Morgan fingerprint density at radius 1 is 1.31 bits per heavy atom. The number of hydrogen-bond acceptors (Lipinski definition) is 3. The second kappa shape index (κ2) is 6.46. The zero-order valence-electron chi connectivity index (χ0n) is 9.97. The first kappa shape index (κ1) is 12.9. The van der Waals surface area contributed by atoms with Crippen LogP contribution in [-0.4, -0.2) is 26.1 Å². The standard InChI is InChI=1S/C12H17BO3/c1-4-15-13(16-10(2)3)12-7-5-11(9-14)6-8-12/h5-10H,4H2,1-3H3. The highest BCUT2D eigenvalue weighted by molar-refractivity contribution is 6.61. The molecule has 0 saturated heterocycles. The maximum absolute atomic E-state index is 10.5. The molecule has 16 heavy (non-hydrogen) atoms. The van der Waals surface area contributed by atoms with E-state index < -0.39 is 0 Å². The monoisotopic (exact) mass is 220 g/mol. The van der Waals surface area contributed by atoms with Crippen LogP contribution in [0.5, 0.6) is 0 Å². The van der Waals surface area contributed by atoms with Crippen molar-refractivity contribution in [2.24, 2.45) is 0 Å². The van der Waals surface area contributed by atoms with Crippen LogP contribution in [0, 0.1) is 0 Å². The Hall–Kier alpha value is -1.13. The van der Waals surface area contributed by atoms with E-state index in [1.165, 1.54) is 0 Å². The number of carbonyl (C=O) groups excluding carboxylic acids is 1. The maximum atomic E-state index is 10.5. The van der Waals surface area contributed by atoms with E-state index >= 15 is 0 Å². The molecule has 0 saturated carbocycles. The molecule has 0 radical (unpaired) electrons. The van der Waals surface area contributed by atoms with Crippen molar-refractivity contribution < 1.29 is 14.1 Å². The maximum Gasteiger partial charge on any atom is 0.494 e. The molecule has 0 aliphatic rings. The van der Waals surface area contributed by atoms with Crippen LogP contribution in [0.25, 0.3) is 0 Å². The van der Waals surface area contributed by atoms with Gasteiger partial charge in [-0.2, -0.15) is 0 Å². The Labute approximate surface area is 96.9 Å². The van der Waals surface area contributed by atoms with Gasteiger partial charge in [-0.1, -0.05) is 24.3 Å². The summed E-state index contributed by atoms with van der Waals surface area (Å²) in [5.74, 6) is 0. The second-order valence-corrected chi connectivity index (χ2v) is 3.76. The molecular weight excluding hydrogens is 203 g/mol. The Kier molecular flexibility index (Phi) is 5.22. The minimum Gasteiger partial charge on any atom is -0.408 e. The van der Waals surface area contributed by atoms with Gasteiger partial charge in [-0.05, 0) is 26.2 Å². The van der Waals surface area contributed by atoms with E-state index in [1.54, 1.807) is 12.1 Å². The van der Waals surface area contributed by atoms with E-state index in [0.717, 1.165) is 11.7 Å². The Balaban J connectivity index is 2.78. The lowest BCUT2D eigenvalue weighted by atomic mass is 9.78. The van der Waals surface area contributed by atoms with Gasteiger partial charge < -0.3 is 9.31 Å². The Morgan fingerprint density at radius 3 is 2.38 bits per heavy atom. The minimum absolute atomic E-state index is 0.0993. The van der Waals surface area contributed by atoms with Gasteiger partial charge in [-0.3, -0.25) is 4.79 Å². The van der Waals surface area contributed by atoms with Crippen LogP contribution < -0.4 is 5.46 Å². The van der Waals surface area contributed by atoms with Crippen molar-refractivity contribution in [1.29, 1.82) is 0 Å². The van der Waals surface area contributed by atoms with Crippen molar-refractivity contribution in [1.82, 2.24) is 0 Å². The summed E-state index contributed by atoms with van der Waals surface area (Å²) in [6.07, 6.45) is 0.922. The van der Waals surface area contributed by atoms with E-state index in [4.69, 9.17) is 9.31 Å². The molecule has 0 unspecified atom stereocenters. The third-order valence-electron chi connectivity index (χ3n) is 2.06. The van der Waals surface area contributed by atoms with E-state index in [0.29, 0.717) is 12.2 Å². The normalized spacial score (nSPS) is 10.5. The predicted octanol–water partition coefficient (Wildman–Crippen LogP) is 1.66.